The average molecular weight is 384 g/mol. The van der Waals surface area contributed by atoms with Crippen molar-refractivity contribution in [3.8, 4) is 5.75 Å². The lowest BCUT2D eigenvalue weighted by molar-refractivity contribution is -0.119. The second kappa shape index (κ2) is 9.21. The van der Waals surface area contributed by atoms with Crippen LogP contribution in [-0.2, 0) is 9.53 Å². The highest BCUT2D eigenvalue weighted by atomic mass is 35.5. The lowest BCUT2D eigenvalue weighted by Gasteiger charge is -2.27. The molecule has 1 aromatic rings. The van der Waals surface area contributed by atoms with Crippen LogP contribution in [0.2, 0.25) is 0 Å². The van der Waals surface area contributed by atoms with Gasteiger partial charge in [-0.25, -0.2) is 0 Å². The molecule has 0 bridgehead atoms. The zero-order valence-electron chi connectivity index (χ0n) is 14.9. The number of methoxy groups -OCH3 is 1. The second-order valence-corrected chi connectivity index (χ2v) is 6.58. The highest BCUT2D eigenvalue weighted by Crippen LogP contribution is 2.30. The fourth-order valence-electron chi connectivity index (χ4n) is 3.38. The molecule has 1 saturated heterocycles. The molecular weight excluding hydrogens is 358 g/mol. The van der Waals surface area contributed by atoms with Crippen LogP contribution < -0.4 is 15.8 Å². The van der Waals surface area contributed by atoms with Gasteiger partial charge in [0.25, 0.3) is 5.91 Å². The quantitative estimate of drug-likeness (QED) is 0.824. The Morgan fingerprint density at radius 2 is 2.00 bits per heavy atom. The number of carbonyl (C=O) groups excluding carboxylic acids is 2. The van der Waals surface area contributed by atoms with Gasteiger partial charge in [-0.2, -0.15) is 0 Å². The second-order valence-electron chi connectivity index (χ2n) is 6.58. The predicted molar refractivity (Wildman–Crippen MR) is 101 cm³/mol. The van der Waals surface area contributed by atoms with E-state index in [1.807, 2.05) is 0 Å². The monoisotopic (exact) mass is 383 g/mol. The Labute approximate surface area is 159 Å². The molecule has 2 amide bonds. The summed E-state index contributed by atoms with van der Waals surface area (Å²) in [6, 6.07) is 5.21. The van der Waals surface area contributed by atoms with Gasteiger partial charge in [0.2, 0.25) is 5.91 Å². The van der Waals surface area contributed by atoms with E-state index in [1.165, 1.54) is 0 Å². The molecular formula is C18H26ClN3O4. The van der Waals surface area contributed by atoms with Crippen molar-refractivity contribution in [1.82, 2.24) is 4.90 Å². The number of nitrogens with two attached hydrogens (primary N) is 1. The van der Waals surface area contributed by atoms with E-state index in [1.54, 1.807) is 30.2 Å². The van der Waals surface area contributed by atoms with Gasteiger partial charge in [0, 0.05) is 30.6 Å². The molecule has 7 nitrogen and oxygen atoms in total. The summed E-state index contributed by atoms with van der Waals surface area (Å²) in [5.41, 5.74) is 6.94. The number of morpholine rings is 1. The summed E-state index contributed by atoms with van der Waals surface area (Å²) in [7, 11) is 1.54. The Bertz CT molecular complexity index is 649. The number of ether oxygens (including phenoxy) is 2. The number of hydrogen-bond donors (Lipinski definition) is 2. The maximum atomic E-state index is 12.6. The van der Waals surface area contributed by atoms with Crippen molar-refractivity contribution in [3.05, 3.63) is 23.8 Å². The summed E-state index contributed by atoms with van der Waals surface area (Å²) in [4.78, 5) is 26.9. The zero-order valence-corrected chi connectivity index (χ0v) is 15.7. The van der Waals surface area contributed by atoms with E-state index in [9.17, 15) is 9.59 Å². The van der Waals surface area contributed by atoms with Crippen LogP contribution in [0, 0.1) is 5.92 Å². The molecule has 2 aliphatic rings. The Kier molecular flexibility index (Phi) is 7.25. The number of benzene rings is 1. The van der Waals surface area contributed by atoms with Gasteiger partial charge >= 0.3 is 0 Å². The van der Waals surface area contributed by atoms with Gasteiger partial charge in [-0.1, -0.05) is 0 Å². The van der Waals surface area contributed by atoms with Gasteiger partial charge in [-0.05, 0) is 37.5 Å². The topological polar surface area (TPSA) is 93.9 Å². The van der Waals surface area contributed by atoms with Crippen LogP contribution in [0.5, 0.6) is 5.75 Å². The van der Waals surface area contributed by atoms with Crippen LogP contribution >= 0.6 is 12.4 Å². The first-order valence-electron chi connectivity index (χ1n) is 8.70. The van der Waals surface area contributed by atoms with Crippen LogP contribution in [0.1, 0.15) is 29.6 Å². The number of nitrogens with zero attached hydrogens (tertiary/aromatic N) is 1. The molecule has 1 aromatic carbocycles. The number of nitrogens with one attached hydrogen (secondary N) is 1. The summed E-state index contributed by atoms with van der Waals surface area (Å²) in [6.45, 7) is 2.25. The van der Waals surface area contributed by atoms with Crippen molar-refractivity contribution in [2.24, 2.45) is 11.7 Å². The smallest absolute Gasteiger partial charge is 0.254 e. The van der Waals surface area contributed by atoms with Crippen LogP contribution in [0.15, 0.2) is 18.2 Å². The molecule has 3 N–H and O–H groups in total. The highest BCUT2D eigenvalue weighted by Gasteiger charge is 2.28. The Morgan fingerprint density at radius 1 is 1.27 bits per heavy atom. The summed E-state index contributed by atoms with van der Waals surface area (Å²) in [6.07, 6.45) is 2.35. The number of halogens is 1. The van der Waals surface area contributed by atoms with Gasteiger partial charge < -0.3 is 25.4 Å². The van der Waals surface area contributed by atoms with Crippen molar-refractivity contribution < 1.29 is 19.1 Å². The predicted octanol–water partition coefficient (Wildman–Crippen LogP) is 1.66. The fourth-order valence-corrected chi connectivity index (χ4v) is 3.38. The summed E-state index contributed by atoms with van der Waals surface area (Å²) < 4.78 is 10.6. The van der Waals surface area contributed by atoms with Crippen LogP contribution in [-0.4, -0.2) is 56.2 Å². The van der Waals surface area contributed by atoms with E-state index in [2.05, 4.69) is 5.32 Å². The number of anilines is 1. The summed E-state index contributed by atoms with van der Waals surface area (Å²) >= 11 is 0. The fraction of sp³-hybridized carbons (Fsp3) is 0.556. The molecule has 26 heavy (non-hydrogen) atoms. The molecule has 1 saturated carbocycles. The van der Waals surface area contributed by atoms with Gasteiger partial charge in [0.05, 0.1) is 26.0 Å². The average Bonchev–Trinajstić information content (AvgIpc) is 3.08. The first-order chi connectivity index (χ1) is 12.1. The van der Waals surface area contributed by atoms with Crippen molar-refractivity contribution in [1.29, 1.82) is 0 Å². The number of rotatable bonds is 4. The van der Waals surface area contributed by atoms with E-state index < -0.39 is 0 Å². The molecule has 144 valence electrons. The van der Waals surface area contributed by atoms with Gasteiger partial charge in [0.15, 0.2) is 0 Å². The molecule has 0 radical (unpaired) electrons. The van der Waals surface area contributed by atoms with E-state index in [0.717, 1.165) is 12.8 Å². The minimum Gasteiger partial charge on any atom is -0.495 e. The van der Waals surface area contributed by atoms with Crippen LogP contribution in [0.4, 0.5) is 5.69 Å². The van der Waals surface area contributed by atoms with E-state index in [4.69, 9.17) is 15.2 Å². The molecule has 2 fully saturated rings. The van der Waals surface area contributed by atoms with Crippen molar-refractivity contribution in [2.45, 2.75) is 25.3 Å². The minimum atomic E-state index is -0.0849. The lowest BCUT2D eigenvalue weighted by atomic mass is 10.1. The minimum absolute atomic E-state index is 0. The number of hydrogen-bond acceptors (Lipinski definition) is 5. The molecule has 0 spiro atoms. The van der Waals surface area contributed by atoms with E-state index in [-0.39, 0.29) is 36.2 Å². The van der Waals surface area contributed by atoms with Gasteiger partial charge in [0.1, 0.15) is 5.75 Å². The number of carbonyl (C=O) groups is 2. The first-order valence-corrected chi connectivity index (χ1v) is 8.70. The van der Waals surface area contributed by atoms with Crippen LogP contribution in [0.3, 0.4) is 0 Å². The number of amides is 2. The van der Waals surface area contributed by atoms with Gasteiger partial charge in [-0.15, -0.1) is 12.4 Å². The molecule has 1 aliphatic heterocycles. The Balaban J connectivity index is 0.00000243. The third kappa shape index (κ3) is 4.66. The third-order valence-electron chi connectivity index (χ3n) is 4.85. The summed E-state index contributed by atoms with van der Waals surface area (Å²) in [5, 5.41) is 2.91. The molecule has 3 rings (SSSR count). The third-order valence-corrected chi connectivity index (χ3v) is 4.85. The Morgan fingerprint density at radius 3 is 2.62 bits per heavy atom. The molecule has 0 aromatic heterocycles. The lowest BCUT2D eigenvalue weighted by Crippen LogP contribution is -2.40. The largest absolute Gasteiger partial charge is 0.495 e. The van der Waals surface area contributed by atoms with E-state index >= 15 is 0 Å². The van der Waals surface area contributed by atoms with Crippen molar-refractivity contribution >= 4 is 29.9 Å². The Hall–Kier alpha value is -1.83. The van der Waals surface area contributed by atoms with E-state index in [0.29, 0.717) is 49.7 Å². The molecule has 8 heteroatoms. The van der Waals surface area contributed by atoms with Crippen molar-refractivity contribution in [3.63, 3.8) is 0 Å². The van der Waals surface area contributed by atoms with Gasteiger partial charge in [-0.3, -0.25) is 9.59 Å². The summed E-state index contributed by atoms with van der Waals surface area (Å²) in [5.74, 6) is 0.319. The molecule has 1 heterocycles. The first kappa shape index (κ1) is 20.5. The normalized spacial score (nSPS) is 22.5. The standard InChI is InChI=1S/C18H25N3O4.ClH/c1-24-16-5-3-13(18(23)21-6-8-25-9-7-21)11-15(16)20-17(22)12-2-4-14(19)10-12;/h3,5,11-12,14H,2,4,6-10,19H2,1H3,(H,20,22);1H. The molecule has 1 aliphatic carbocycles. The van der Waals surface area contributed by atoms with Crippen molar-refractivity contribution in [2.75, 3.05) is 38.7 Å². The highest BCUT2D eigenvalue weighted by molar-refractivity contribution is 5.99. The SMILES string of the molecule is COc1ccc(C(=O)N2CCOCC2)cc1NC(=O)C1CCC(N)C1.Cl. The maximum Gasteiger partial charge on any atom is 0.254 e. The van der Waals surface area contributed by atoms with Crippen LogP contribution in [0.25, 0.3) is 0 Å². The molecule has 2 atom stereocenters. The molecule has 2 unspecified atom stereocenters. The maximum absolute atomic E-state index is 12.6. The zero-order chi connectivity index (χ0) is 17.8.